The maximum atomic E-state index is 13.3. The van der Waals surface area contributed by atoms with Crippen molar-refractivity contribution in [2.75, 3.05) is 11.9 Å². The van der Waals surface area contributed by atoms with Gasteiger partial charge >= 0.3 is 0 Å². The van der Waals surface area contributed by atoms with Crippen LogP contribution in [0.15, 0.2) is 75.8 Å². The molecule has 4 aromatic carbocycles. The van der Waals surface area contributed by atoms with E-state index in [1.165, 1.54) is 12.1 Å². The molecule has 0 saturated carbocycles. The van der Waals surface area contributed by atoms with E-state index in [9.17, 15) is 22.9 Å². The van der Waals surface area contributed by atoms with E-state index in [-0.39, 0.29) is 39.1 Å². The van der Waals surface area contributed by atoms with Gasteiger partial charge in [0, 0.05) is 10.4 Å². The van der Waals surface area contributed by atoms with Crippen LogP contribution >= 0.6 is 23.2 Å². The van der Waals surface area contributed by atoms with Crippen molar-refractivity contribution in [1.29, 1.82) is 0 Å². The summed E-state index contributed by atoms with van der Waals surface area (Å²) < 4.78 is 39.3. The van der Waals surface area contributed by atoms with Crippen molar-refractivity contribution in [1.82, 2.24) is 0 Å². The standard InChI is InChI=1S/C27H23Cl2N3O6S/c1-3-16-19(28)12-13-22(39(35,36)37)24(16)31-32-25-17-9-6-5-8-15(17)14-18(26(25)33)27(34)30-20-10-7-11-21(23(20)29)38-4-2/h5-14,33H,3-4H2,1-2H3,(H,30,34)(H,35,36,37). The van der Waals surface area contributed by atoms with Crippen LogP contribution in [0.5, 0.6) is 11.5 Å². The summed E-state index contributed by atoms with van der Waals surface area (Å²) in [4.78, 5) is 12.8. The molecule has 0 aliphatic rings. The zero-order valence-corrected chi connectivity index (χ0v) is 23.1. The Hall–Kier alpha value is -3.70. The number of nitrogens with zero attached hydrogens (tertiary/aromatic N) is 2. The van der Waals surface area contributed by atoms with Gasteiger partial charge in [0.25, 0.3) is 16.0 Å². The SMILES string of the molecule is CCOc1cccc(NC(=O)c2cc3ccccc3c(N=Nc3c(S(=O)(=O)O)ccc(Cl)c3CC)c2O)c1Cl. The quantitative estimate of drug-likeness (QED) is 0.142. The average Bonchev–Trinajstić information content (AvgIpc) is 2.89. The molecular weight excluding hydrogens is 565 g/mol. The third-order valence-electron chi connectivity index (χ3n) is 5.82. The lowest BCUT2D eigenvalue weighted by atomic mass is 10.0. The highest BCUT2D eigenvalue weighted by Crippen LogP contribution is 2.42. The van der Waals surface area contributed by atoms with Crippen molar-refractivity contribution >= 4 is 67.1 Å². The predicted molar refractivity (Wildman–Crippen MR) is 151 cm³/mol. The van der Waals surface area contributed by atoms with Gasteiger partial charge in [-0.3, -0.25) is 9.35 Å². The van der Waals surface area contributed by atoms with E-state index in [4.69, 9.17) is 27.9 Å². The zero-order chi connectivity index (χ0) is 28.3. The summed E-state index contributed by atoms with van der Waals surface area (Å²) in [6, 6.07) is 15.7. The third-order valence-corrected chi connectivity index (χ3v) is 7.45. The zero-order valence-electron chi connectivity index (χ0n) is 20.8. The first-order valence-corrected chi connectivity index (χ1v) is 13.9. The molecule has 12 heteroatoms. The normalized spacial score (nSPS) is 11.7. The largest absolute Gasteiger partial charge is 0.505 e. The number of amides is 1. The molecule has 39 heavy (non-hydrogen) atoms. The van der Waals surface area contributed by atoms with Gasteiger partial charge in [-0.15, -0.1) is 10.2 Å². The summed E-state index contributed by atoms with van der Waals surface area (Å²) in [5, 5.41) is 23.5. The number of hydrogen-bond donors (Lipinski definition) is 3. The van der Waals surface area contributed by atoms with Crippen molar-refractivity contribution in [3.8, 4) is 11.5 Å². The lowest BCUT2D eigenvalue weighted by molar-refractivity contribution is 0.102. The van der Waals surface area contributed by atoms with E-state index in [1.807, 2.05) is 0 Å². The Kier molecular flexibility index (Phi) is 8.41. The highest BCUT2D eigenvalue weighted by atomic mass is 35.5. The van der Waals surface area contributed by atoms with Crippen molar-refractivity contribution < 1.29 is 27.6 Å². The average molecular weight is 588 g/mol. The fourth-order valence-corrected chi connectivity index (χ4v) is 5.16. The van der Waals surface area contributed by atoms with Crippen molar-refractivity contribution in [2.24, 2.45) is 10.2 Å². The molecule has 4 rings (SSSR count). The van der Waals surface area contributed by atoms with Crippen LogP contribution in [0.25, 0.3) is 10.8 Å². The number of carbonyl (C=O) groups excluding carboxylic acids is 1. The second kappa shape index (κ2) is 11.6. The molecule has 0 spiro atoms. The van der Waals surface area contributed by atoms with Gasteiger partial charge in [-0.1, -0.05) is 60.5 Å². The first-order valence-electron chi connectivity index (χ1n) is 11.7. The number of carbonyl (C=O) groups is 1. The van der Waals surface area contributed by atoms with E-state index < -0.39 is 26.7 Å². The smallest absolute Gasteiger partial charge is 0.296 e. The van der Waals surface area contributed by atoms with Gasteiger partial charge in [0.1, 0.15) is 27.0 Å². The van der Waals surface area contributed by atoms with Crippen LogP contribution < -0.4 is 10.1 Å². The fraction of sp³-hybridized carbons (Fsp3) is 0.148. The molecule has 0 bridgehead atoms. The van der Waals surface area contributed by atoms with E-state index in [0.29, 0.717) is 28.7 Å². The Morgan fingerprint density at radius 2 is 1.72 bits per heavy atom. The first kappa shape index (κ1) is 28.3. The van der Waals surface area contributed by atoms with Gasteiger partial charge in [0.05, 0.1) is 17.9 Å². The Morgan fingerprint density at radius 1 is 1.00 bits per heavy atom. The highest BCUT2D eigenvalue weighted by Gasteiger charge is 2.23. The van der Waals surface area contributed by atoms with Gasteiger partial charge in [-0.05, 0) is 54.6 Å². The number of ether oxygens (including phenoxy) is 1. The second-order valence-electron chi connectivity index (χ2n) is 8.25. The van der Waals surface area contributed by atoms with Gasteiger partial charge in [-0.2, -0.15) is 8.42 Å². The van der Waals surface area contributed by atoms with E-state index in [0.717, 1.165) is 6.07 Å². The number of phenols is 1. The summed E-state index contributed by atoms with van der Waals surface area (Å²) in [5.74, 6) is -0.793. The first-order chi connectivity index (χ1) is 18.6. The van der Waals surface area contributed by atoms with Crippen LogP contribution in [-0.4, -0.2) is 30.6 Å². The van der Waals surface area contributed by atoms with E-state index >= 15 is 0 Å². The lowest BCUT2D eigenvalue weighted by Gasteiger charge is -2.14. The second-order valence-corrected chi connectivity index (χ2v) is 10.4. The summed E-state index contributed by atoms with van der Waals surface area (Å²) >= 11 is 12.6. The molecule has 0 heterocycles. The lowest BCUT2D eigenvalue weighted by Crippen LogP contribution is -2.13. The van der Waals surface area contributed by atoms with E-state index in [1.54, 1.807) is 56.3 Å². The molecule has 0 saturated heterocycles. The molecule has 0 aliphatic heterocycles. The number of nitrogens with one attached hydrogen (secondary N) is 1. The Bertz CT molecular complexity index is 1720. The summed E-state index contributed by atoms with van der Waals surface area (Å²) in [7, 11) is -4.67. The summed E-state index contributed by atoms with van der Waals surface area (Å²) in [5.41, 5.74) is 0.211. The molecule has 0 radical (unpaired) electrons. The molecular formula is C27H23Cl2N3O6S. The molecule has 0 fully saturated rings. The predicted octanol–water partition coefficient (Wildman–Crippen LogP) is 7.73. The molecule has 0 unspecified atom stereocenters. The number of fused-ring (bicyclic) bond motifs is 1. The fourth-order valence-electron chi connectivity index (χ4n) is 4.00. The molecule has 202 valence electrons. The summed E-state index contributed by atoms with van der Waals surface area (Å²) in [6.45, 7) is 3.91. The minimum atomic E-state index is -4.67. The van der Waals surface area contributed by atoms with Gasteiger partial charge in [-0.25, -0.2) is 0 Å². The molecule has 4 aromatic rings. The van der Waals surface area contributed by atoms with Crippen LogP contribution in [0.2, 0.25) is 10.0 Å². The number of aromatic hydroxyl groups is 1. The Labute approximate surface area is 234 Å². The number of rotatable bonds is 8. The van der Waals surface area contributed by atoms with Crippen molar-refractivity contribution in [3.05, 3.63) is 81.8 Å². The van der Waals surface area contributed by atoms with Gasteiger partial charge < -0.3 is 15.2 Å². The molecule has 9 nitrogen and oxygen atoms in total. The minimum absolute atomic E-state index is 0.0873. The number of halogens is 2. The number of phenolic OH excluding ortho intramolecular Hbond substituents is 1. The molecule has 3 N–H and O–H groups in total. The molecule has 0 atom stereocenters. The van der Waals surface area contributed by atoms with Crippen LogP contribution in [0.3, 0.4) is 0 Å². The monoisotopic (exact) mass is 587 g/mol. The number of benzene rings is 4. The van der Waals surface area contributed by atoms with Crippen LogP contribution in [0.4, 0.5) is 17.1 Å². The van der Waals surface area contributed by atoms with Crippen LogP contribution in [0.1, 0.15) is 29.8 Å². The van der Waals surface area contributed by atoms with Crippen molar-refractivity contribution in [2.45, 2.75) is 25.2 Å². The Morgan fingerprint density at radius 3 is 2.41 bits per heavy atom. The van der Waals surface area contributed by atoms with Crippen molar-refractivity contribution in [3.63, 3.8) is 0 Å². The molecule has 0 aliphatic carbocycles. The Balaban J connectivity index is 1.85. The van der Waals surface area contributed by atoms with Gasteiger partial charge in [0.15, 0.2) is 5.75 Å². The number of hydrogen-bond acceptors (Lipinski definition) is 7. The number of azo groups is 1. The number of anilines is 1. The van der Waals surface area contributed by atoms with Crippen LogP contribution in [0, 0.1) is 0 Å². The third kappa shape index (κ3) is 5.84. The highest BCUT2D eigenvalue weighted by molar-refractivity contribution is 7.86. The van der Waals surface area contributed by atoms with Crippen LogP contribution in [-0.2, 0) is 16.5 Å². The molecule has 1 amide bonds. The summed E-state index contributed by atoms with van der Waals surface area (Å²) in [6.07, 6.45) is 0.285. The molecule has 0 aromatic heterocycles. The maximum Gasteiger partial charge on any atom is 0.296 e. The van der Waals surface area contributed by atoms with Gasteiger partial charge in [0.2, 0.25) is 0 Å². The minimum Gasteiger partial charge on any atom is -0.505 e. The van der Waals surface area contributed by atoms with E-state index in [2.05, 4.69) is 15.5 Å². The maximum absolute atomic E-state index is 13.3. The topological polar surface area (TPSA) is 138 Å².